The van der Waals surface area contributed by atoms with Crippen LogP contribution in [0.1, 0.15) is 24.7 Å². The Morgan fingerprint density at radius 1 is 1.17 bits per heavy atom. The number of nitrogens with one attached hydrogen (secondary N) is 3. The fourth-order valence-corrected chi connectivity index (χ4v) is 3.08. The van der Waals surface area contributed by atoms with Crippen molar-refractivity contribution in [3.8, 4) is 0 Å². The summed E-state index contributed by atoms with van der Waals surface area (Å²) in [6.45, 7) is 5.02. The summed E-state index contributed by atoms with van der Waals surface area (Å²) in [7, 11) is -2.02. The van der Waals surface area contributed by atoms with Gasteiger partial charge in [-0.05, 0) is 50.2 Å². The zero-order valence-electron chi connectivity index (χ0n) is 16.7. The molecule has 162 valence electrons. The van der Waals surface area contributed by atoms with Crippen LogP contribution in [-0.4, -0.2) is 41.1 Å². The van der Waals surface area contributed by atoms with Crippen LogP contribution < -0.4 is 15.4 Å². The fourth-order valence-electron chi connectivity index (χ4n) is 2.35. The molecular weight excluding hydrogens is 507 g/mol. The number of hydrogen-bond donors (Lipinski definition) is 3. The highest BCUT2D eigenvalue weighted by Gasteiger charge is 2.10. The van der Waals surface area contributed by atoms with Crippen molar-refractivity contribution in [2.45, 2.75) is 31.4 Å². The molecule has 1 heterocycles. The molecule has 0 bridgehead atoms. The molecule has 0 fully saturated rings. The van der Waals surface area contributed by atoms with Crippen LogP contribution in [0.15, 0.2) is 57.0 Å². The Labute approximate surface area is 189 Å². The van der Waals surface area contributed by atoms with Crippen molar-refractivity contribution >= 4 is 40.0 Å². The molecule has 10 heteroatoms. The smallest absolute Gasteiger partial charge is 0.240 e. The van der Waals surface area contributed by atoms with Crippen LogP contribution >= 0.6 is 24.0 Å². The molecule has 0 unspecified atom stereocenters. The number of ether oxygens (including phenoxy) is 1. The highest BCUT2D eigenvalue weighted by Crippen LogP contribution is 2.10. The minimum atomic E-state index is -3.42. The molecule has 2 rings (SSSR count). The quantitative estimate of drug-likeness (QED) is 0.177. The third-order valence-electron chi connectivity index (χ3n) is 3.85. The zero-order valence-corrected chi connectivity index (χ0v) is 19.8. The first-order chi connectivity index (χ1) is 13.5. The van der Waals surface area contributed by atoms with E-state index in [1.54, 1.807) is 30.5 Å². The van der Waals surface area contributed by atoms with Gasteiger partial charge in [-0.1, -0.05) is 12.1 Å². The van der Waals surface area contributed by atoms with E-state index in [2.05, 4.69) is 20.3 Å². The number of guanidine groups is 1. The summed E-state index contributed by atoms with van der Waals surface area (Å²) < 4.78 is 36.6. The second kappa shape index (κ2) is 13.6. The van der Waals surface area contributed by atoms with E-state index < -0.39 is 10.0 Å². The number of nitrogens with zero attached hydrogens (tertiary/aromatic N) is 1. The normalized spacial score (nSPS) is 11.7. The van der Waals surface area contributed by atoms with Gasteiger partial charge in [-0.3, -0.25) is 0 Å². The van der Waals surface area contributed by atoms with Gasteiger partial charge in [0.15, 0.2) is 5.96 Å². The first-order valence-corrected chi connectivity index (χ1v) is 10.7. The van der Waals surface area contributed by atoms with Crippen LogP contribution in [0.25, 0.3) is 0 Å². The summed E-state index contributed by atoms with van der Waals surface area (Å²) in [5.74, 6) is 1.52. The highest BCUT2D eigenvalue weighted by atomic mass is 127. The van der Waals surface area contributed by atoms with Gasteiger partial charge in [0.25, 0.3) is 0 Å². The molecule has 0 saturated carbocycles. The second-order valence-electron chi connectivity index (χ2n) is 5.96. The molecule has 1 aromatic carbocycles. The number of halogens is 1. The van der Waals surface area contributed by atoms with E-state index in [-0.39, 0.29) is 28.9 Å². The molecule has 8 nitrogen and oxygen atoms in total. The van der Waals surface area contributed by atoms with Gasteiger partial charge in [-0.15, -0.1) is 24.0 Å². The Morgan fingerprint density at radius 2 is 1.93 bits per heavy atom. The average molecular weight is 536 g/mol. The predicted octanol–water partition coefficient (Wildman–Crippen LogP) is 2.47. The SMILES string of the molecule is CCNC(=NCc1ccc(S(=O)(=O)NC)cc1)NCCCOCc1ccco1.I. The Balaban J connectivity index is 0.00000420. The summed E-state index contributed by atoms with van der Waals surface area (Å²) in [4.78, 5) is 4.77. The molecule has 0 aliphatic heterocycles. The van der Waals surface area contributed by atoms with E-state index in [4.69, 9.17) is 9.15 Å². The lowest BCUT2D eigenvalue weighted by Crippen LogP contribution is -2.38. The standard InChI is InChI=1S/C19H28N4O4S.HI/c1-3-21-19(22-11-5-12-26-15-17-6-4-13-27-17)23-14-16-7-9-18(10-8-16)28(24,25)20-2;/h4,6-10,13,20H,3,5,11-12,14-15H2,1-2H3,(H2,21,22,23);1H. The topological polar surface area (TPSA) is 105 Å². The predicted molar refractivity (Wildman–Crippen MR) is 124 cm³/mol. The zero-order chi connectivity index (χ0) is 20.2. The van der Waals surface area contributed by atoms with Crippen molar-refractivity contribution in [3.05, 3.63) is 54.0 Å². The average Bonchev–Trinajstić information content (AvgIpc) is 3.22. The van der Waals surface area contributed by atoms with E-state index in [9.17, 15) is 8.42 Å². The summed E-state index contributed by atoms with van der Waals surface area (Å²) >= 11 is 0. The van der Waals surface area contributed by atoms with Crippen LogP contribution in [0.3, 0.4) is 0 Å². The maximum absolute atomic E-state index is 11.7. The summed E-state index contributed by atoms with van der Waals surface area (Å²) in [6.07, 6.45) is 2.47. The number of aliphatic imine (C=N–C) groups is 1. The van der Waals surface area contributed by atoms with Crippen LogP contribution in [-0.2, 0) is 27.9 Å². The van der Waals surface area contributed by atoms with Crippen LogP contribution in [0.5, 0.6) is 0 Å². The lowest BCUT2D eigenvalue weighted by molar-refractivity contribution is 0.105. The fraction of sp³-hybridized carbons (Fsp3) is 0.421. The summed E-state index contributed by atoms with van der Waals surface area (Å²) in [5, 5.41) is 6.45. The first-order valence-electron chi connectivity index (χ1n) is 9.20. The molecule has 0 spiro atoms. The Hall–Kier alpha value is -1.63. The van der Waals surface area contributed by atoms with Crippen molar-refractivity contribution in [1.82, 2.24) is 15.4 Å². The molecule has 2 aromatic rings. The molecule has 0 amide bonds. The number of hydrogen-bond acceptors (Lipinski definition) is 5. The minimum absolute atomic E-state index is 0. The van der Waals surface area contributed by atoms with Gasteiger partial charge < -0.3 is 19.8 Å². The van der Waals surface area contributed by atoms with Crippen LogP contribution in [0.2, 0.25) is 0 Å². The van der Waals surface area contributed by atoms with Crippen LogP contribution in [0, 0.1) is 0 Å². The maximum Gasteiger partial charge on any atom is 0.240 e. The molecule has 29 heavy (non-hydrogen) atoms. The van der Waals surface area contributed by atoms with Gasteiger partial charge in [0.2, 0.25) is 10.0 Å². The van der Waals surface area contributed by atoms with E-state index in [1.807, 2.05) is 19.1 Å². The third kappa shape index (κ3) is 9.15. The van der Waals surface area contributed by atoms with Gasteiger partial charge in [0, 0.05) is 19.7 Å². The van der Waals surface area contributed by atoms with Gasteiger partial charge in [-0.25, -0.2) is 18.1 Å². The van der Waals surface area contributed by atoms with Gasteiger partial charge in [-0.2, -0.15) is 0 Å². The molecule has 1 aromatic heterocycles. The van der Waals surface area contributed by atoms with Crippen LogP contribution in [0.4, 0.5) is 0 Å². The van der Waals surface area contributed by atoms with Gasteiger partial charge in [0.05, 0.1) is 17.7 Å². The van der Waals surface area contributed by atoms with Crippen molar-refractivity contribution in [1.29, 1.82) is 0 Å². The van der Waals surface area contributed by atoms with Crippen molar-refractivity contribution < 1.29 is 17.6 Å². The van der Waals surface area contributed by atoms with Gasteiger partial charge >= 0.3 is 0 Å². The van der Waals surface area contributed by atoms with E-state index in [1.165, 1.54) is 7.05 Å². The van der Waals surface area contributed by atoms with E-state index in [0.717, 1.165) is 30.8 Å². The Morgan fingerprint density at radius 3 is 2.55 bits per heavy atom. The van der Waals surface area contributed by atoms with Crippen molar-refractivity contribution in [2.75, 3.05) is 26.7 Å². The number of rotatable bonds is 11. The number of benzene rings is 1. The van der Waals surface area contributed by atoms with Crippen molar-refractivity contribution in [3.63, 3.8) is 0 Å². The molecule has 0 aliphatic rings. The monoisotopic (exact) mass is 536 g/mol. The van der Waals surface area contributed by atoms with Gasteiger partial charge in [0.1, 0.15) is 12.4 Å². The molecule has 0 aliphatic carbocycles. The summed E-state index contributed by atoms with van der Waals surface area (Å²) in [6, 6.07) is 10.4. The summed E-state index contributed by atoms with van der Waals surface area (Å²) in [5.41, 5.74) is 0.925. The van der Waals surface area contributed by atoms with E-state index in [0.29, 0.717) is 25.7 Å². The molecule has 0 radical (unpaired) electrons. The largest absolute Gasteiger partial charge is 0.467 e. The second-order valence-corrected chi connectivity index (χ2v) is 7.85. The lowest BCUT2D eigenvalue weighted by Gasteiger charge is -2.11. The molecule has 0 atom stereocenters. The highest BCUT2D eigenvalue weighted by molar-refractivity contribution is 14.0. The Bertz CT molecular complexity index is 824. The number of sulfonamides is 1. The Kier molecular flexibility index (Phi) is 11.9. The minimum Gasteiger partial charge on any atom is -0.467 e. The first kappa shape index (κ1) is 25.4. The maximum atomic E-state index is 11.7. The lowest BCUT2D eigenvalue weighted by atomic mass is 10.2. The van der Waals surface area contributed by atoms with Crippen molar-refractivity contribution in [2.24, 2.45) is 4.99 Å². The molecular formula is C19H29IN4O4S. The molecule has 0 saturated heterocycles. The van der Waals surface area contributed by atoms with E-state index >= 15 is 0 Å². The number of furan rings is 1. The third-order valence-corrected chi connectivity index (χ3v) is 5.28. The molecule has 3 N–H and O–H groups in total.